The molecule has 7 nitrogen and oxygen atoms in total. The van der Waals surface area contributed by atoms with Crippen LogP contribution in [0.2, 0.25) is 0 Å². The fraction of sp³-hybridized carbons (Fsp3) is 0.786. The summed E-state index contributed by atoms with van der Waals surface area (Å²) < 4.78 is 21.0. The molecule has 0 saturated carbocycles. The molecule has 0 aromatic rings. The predicted molar refractivity (Wildman–Crippen MR) is 77.3 cm³/mol. The van der Waals surface area contributed by atoms with E-state index >= 15 is 0 Å². The lowest BCUT2D eigenvalue weighted by Gasteiger charge is -2.30. The monoisotopic (exact) mass is 302 g/mol. The molecule has 0 aliphatic carbocycles. The maximum Gasteiger partial charge on any atom is 0.305 e. The van der Waals surface area contributed by atoms with Crippen LogP contribution >= 0.6 is 0 Å². The van der Waals surface area contributed by atoms with Gasteiger partial charge in [-0.15, -0.1) is 0 Å². The van der Waals surface area contributed by atoms with E-state index in [9.17, 15) is 4.79 Å². The number of ether oxygens (including phenoxy) is 4. The Kier molecular flexibility index (Phi) is 8.80. The molecular weight excluding hydrogens is 276 g/mol. The van der Waals surface area contributed by atoms with Crippen molar-refractivity contribution in [2.45, 2.75) is 20.2 Å². The summed E-state index contributed by atoms with van der Waals surface area (Å²) in [6.45, 7) is 7.67. The van der Waals surface area contributed by atoms with E-state index in [2.05, 4.69) is 0 Å². The number of esters is 1. The van der Waals surface area contributed by atoms with Crippen LogP contribution in [0, 0.1) is 0 Å². The van der Waals surface area contributed by atoms with Gasteiger partial charge in [0.2, 0.25) is 0 Å². The van der Waals surface area contributed by atoms with Gasteiger partial charge in [0.15, 0.2) is 0 Å². The maximum absolute atomic E-state index is 11.1. The molecule has 1 aliphatic rings. The SMILES string of the molecule is CCN1C=CN(CCOCCOCCOC)C1OC(C)=O. The lowest BCUT2D eigenvalue weighted by molar-refractivity contribution is -0.166. The van der Waals surface area contributed by atoms with Gasteiger partial charge in [0, 0.05) is 39.5 Å². The van der Waals surface area contributed by atoms with E-state index in [4.69, 9.17) is 18.9 Å². The molecule has 0 radical (unpaired) electrons. The molecule has 1 rings (SSSR count). The van der Waals surface area contributed by atoms with Gasteiger partial charge in [-0.3, -0.25) is 4.79 Å². The highest BCUT2D eigenvalue weighted by molar-refractivity contribution is 5.66. The van der Waals surface area contributed by atoms with E-state index in [-0.39, 0.29) is 12.3 Å². The molecule has 0 saturated heterocycles. The van der Waals surface area contributed by atoms with E-state index in [0.29, 0.717) is 39.6 Å². The van der Waals surface area contributed by atoms with Crippen molar-refractivity contribution in [3.05, 3.63) is 12.4 Å². The molecule has 0 fully saturated rings. The van der Waals surface area contributed by atoms with Crippen LogP contribution in [-0.4, -0.2) is 75.4 Å². The molecule has 0 aromatic heterocycles. The number of methoxy groups -OCH3 is 1. The topological polar surface area (TPSA) is 60.5 Å². The van der Waals surface area contributed by atoms with Crippen molar-refractivity contribution in [2.24, 2.45) is 0 Å². The molecule has 21 heavy (non-hydrogen) atoms. The van der Waals surface area contributed by atoms with Gasteiger partial charge < -0.3 is 28.7 Å². The van der Waals surface area contributed by atoms with Gasteiger partial charge in [0.05, 0.1) is 33.0 Å². The molecule has 0 amide bonds. The highest BCUT2D eigenvalue weighted by Gasteiger charge is 2.27. The van der Waals surface area contributed by atoms with Crippen LogP contribution in [0.15, 0.2) is 12.4 Å². The number of rotatable bonds is 11. The van der Waals surface area contributed by atoms with E-state index in [1.54, 1.807) is 7.11 Å². The molecule has 122 valence electrons. The van der Waals surface area contributed by atoms with E-state index < -0.39 is 0 Å². The van der Waals surface area contributed by atoms with Crippen LogP contribution in [-0.2, 0) is 23.7 Å². The predicted octanol–water partition coefficient (Wildman–Crippen LogP) is 0.621. The summed E-state index contributed by atoms with van der Waals surface area (Å²) in [7, 11) is 1.64. The average Bonchev–Trinajstić information content (AvgIpc) is 2.83. The van der Waals surface area contributed by atoms with Crippen LogP contribution in [0.1, 0.15) is 13.8 Å². The zero-order valence-electron chi connectivity index (χ0n) is 13.1. The van der Waals surface area contributed by atoms with Gasteiger partial charge in [0.25, 0.3) is 6.35 Å². The van der Waals surface area contributed by atoms with Crippen molar-refractivity contribution in [3.8, 4) is 0 Å². The first-order chi connectivity index (χ1) is 10.2. The standard InChI is InChI=1S/C14H26N2O5/c1-4-15-5-6-16(14(15)21-13(2)17)7-8-19-11-12-20-10-9-18-3/h5-6,14H,4,7-12H2,1-3H3. The Labute approximate surface area is 126 Å². The Balaban J connectivity index is 2.15. The summed E-state index contributed by atoms with van der Waals surface area (Å²) >= 11 is 0. The summed E-state index contributed by atoms with van der Waals surface area (Å²) in [4.78, 5) is 15.0. The molecule has 0 N–H and O–H groups in total. The molecule has 1 heterocycles. The molecule has 0 aromatic carbocycles. The van der Waals surface area contributed by atoms with Gasteiger partial charge in [-0.05, 0) is 6.92 Å². The van der Waals surface area contributed by atoms with Crippen molar-refractivity contribution >= 4 is 5.97 Å². The minimum Gasteiger partial charge on any atom is -0.423 e. The second kappa shape index (κ2) is 10.4. The van der Waals surface area contributed by atoms with Gasteiger partial charge in [-0.25, -0.2) is 0 Å². The summed E-state index contributed by atoms with van der Waals surface area (Å²) in [6.07, 6.45) is 3.46. The van der Waals surface area contributed by atoms with Crippen LogP contribution in [0.5, 0.6) is 0 Å². The number of hydrogen-bond donors (Lipinski definition) is 0. The third kappa shape index (κ3) is 6.79. The highest BCUT2D eigenvalue weighted by Crippen LogP contribution is 2.16. The summed E-state index contributed by atoms with van der Waals surface area (Å²) in [5.74, 6) is -0.292. The van der Waals surface area contributed by atoms with Crippen LogP contribution in [0.3, 0.4) is 0 Å². The Morgan fingerprint density at radius 1 is 1.05 bits per heavy atom. The van der Waals surface area contributed by atoms with Crippen molar-refractivity contribution < 1.29 is 23.7 Å². The second-order valence-electron chi connectivity index (χ2n) is 4.52. The molecule has 1 atom stereocenters. The van der Waals surface area contributed by atoms with Crippen LogP contribution < -0.4 is 0 Å². The van der Waals surface area contributed by atoms with Crippen molar-refractivity contribution in [1.82, 2.24) is 9.80 Å². The van der Waals surface area contributed by atoms with Crippen molar-refractivity contribution in [1.29, 1.82) is 0 Å². The molecule has 7 heteroatoms. The van der Waals surface area contributed by atoms with E-state index in [1.165, 1.54) is 6.92 Å². The maximum atomic E-state index is 11.1. The first-order valence-corrected chi connectivity index (χ1v) is 7.20. The Bertz CT molecular complexity index is 324. The zero-order valence-corrected chi connectivity index (χ0v) is 13.1. The Hall–Kier alpha value is -1.31. The first-order valence-electron chi connectivity index (χ1n) is 7.20. The number of carbonyl (C=O) groups excluding carboxylic acids is 1. The lowest BCUT2D eigenvalue weighted by atomic mass is 10.5. The fourth-order valence-corrected chi connectivity index (χ4v) is 1.87. The van der Waals surface area contributed by atoms with Crippen molar-refractivity contribution in [2.75, 3.05) is 53.2 Å². The van der Waals surface area contributed by atoms with Gasteiger partial charge in [-0.2, -0.15) is 0 Å². The molecule has 1 unspecified atom stereocenters. The van der Waals surface area contributed by atoms with Gasteiger partial charge >= 0.3 is 5.97 Å². The smallest absolute Gasteiger partial charge is 0.305 e. The zero-order chi connectivity index (χ0) is 15.5. The Morgan fingerprint density at radius 2 is 1.67 bits per heavy atom. The van der Waals surface area contributed by atoms with E-state index in [1.807, 2.05) is 29.1 Å². The van der Waals surface area contributed by atoms with Gasteiger partial charge in [0.1, 0.15) is 0 Å². The number of nitrogens with zero attached hydrogens (tertiary/aromatic N) is 2. The first kappa shape index (κ1) is 17.7. The molecule has 0 spiro atoms. The fourth-order valence-electron chi connectivity index (χ4n) is 1.87. The normalized spacial score (nSPS) is 17.6. The molecule has 0 bridgehead atoms. The Morgan fingerprint density at radius 3 is 2.29 bits per heavy atom. The molecular formula is C14H26N2O5. The third-order valence-corrected chi connectivity index (χ3v) is 2.95. The third-order valence-electron chi connectivity index (χ3n) is 2.95. The van der Waals surface area contributed by atoms with Gasteiger partial charge in [-0.1, -0.05) is 0 Å². The van der Waals surface area contributed by atoms with E-state index in [0.717, 1.165) is 6.54 Å². The quantitative estimate of drug-likeness (QED) is 0.409. The highest BCUT2D eigenvalue weighted by atomic mass is 16.6. The molecule has 1 aliphatic heterocycles. The summed E-state index contributed by atoms with van der Waals surface area (Å²) in [6, 6.07) is 0. The number of hydrogen-bond acceptors (Lipinski definition) is 7. The minimum absolute atomic E-state index is 0.292. The van der Waals surface area contributed by atoms with Crippen LogP contribution in [0.25, 0.3) is 0 Å². The number of carbonyl (C=O) groups is 1. The largest absolute Gasteiger partial charge is 0.423 e. The van der Waals surface area contributed by atoms with Crippen molar-refractivity contribution in [3.63, 3.8) is 0 Å². The van der Waals surface area contributed by atoms with Crippen LogP contribution in [0.4, 0.5) is 0 Å². The average molecular weight is 302 g/mol. The summed E-state index contributed by atoms with van der Waals surface area (Å²) in [5.41, 5.74) is 0. The minimum atomic E-state index is -0.367. The second-order valence-corrected chi connectivity index (χ2v) is 4.52. The summed E-state index contributed by atoms with van der Waals surface area (Å²) in [5, 5.41) is 0. The lowest BCUT2D eigenvalue weighted by Crippen LogP contribution is -2.43.